The van der Waals surface area contributed by atoms with E-state index >= 15 is 0 Å². The van der Waals surface area contributed by atoms with E-state index in [4.69, 9.17) is 4.74 Å². The third-order valence-corrected chi connectivity index (χ3v) is 14.4. The van der Waals surface area contributed by atoms with Crippen LogP contribution in [0, 0.1) is 0 Å². The lowest BCUT2D eigenvalue weighted by Crippen LogP contribution is -2.45. The van der Waals surface area contributed by atoms with Crippen LogP contribution < -0.4 is 5.32 Å². The monoisotopic (exact) mass is 996 g/mol. The van der Waals surface area contributed by atoms with Gasteiger partial charge in [-0.25, -0.2) is 0 Å². The Morgan fingerprint density at radius 1 is 0.394 bits per heavy atom. The van der Waals surface area contributed by atoms with Gasteiger partial charge in [-0.3, -0.25) is 9.59 Å². The number of hydrogen-bond acceptors (Lipinski definition) is 5. The number of aliphatic hydroxyl groups is 2. The number of allylic oxidation sites excluding steroid dienone is 7. The zero-order valence-electron chi connectivity index (χ0n) is 47.5. The van der Waals surface area contributed by atoms with Crippen LogP contribution in [-0.4, -0.2) is 47.4 Å². The third-order valence-electron chi connectivity index (χ3n) is 14.4. The summed E-state index contributed by atoms with van der Waals surface area (Å²) in [4.78, 5) is 24.5. The smallest absolute Gasteiger partial charge is 0.305 e. The maximum absolute atomic E-state index is 12.5. The fourth-order valence-corrected chi connectivity index (χ4v) is 9.55. The van der Waals surface area contributed by atoms with Crippen LogP contribution in [-0.2, 0) is 14.3 Å². The van der Waals surface area contributed by atoms with Crippen molar-refractivity contribution < 1.29 is 24.5 Å². The van der Waals surface area contributed by atoms with Crippen molar-refractivity contribution in [1.82, 2.24) is 5.32 Å². The molecule has 0 saturated carbocycles. The van der Waals surface area contributed by atoms with Gasteiger partial charge in [0.25, 0.3) is 0 Å². The van der Waals surface area contributed by atoms with E-state index < -0.39 is 12.1 Å². The maximum atomic E-state index is 12.5. The summed E-state index contributed by atoms with van der Waals surface area (Å²) in [6, 6.07) is -0.547. The molecule has 2 unspecified atom stereocenters. The normalized spacial score (nSPS) is 12.9. The molecule has 0 spiro atoms. The summed E-state index contributed by atoms with van der Waals surface area (Å²) in [5.74, 6) is -0.0878. The summed E-state index contributed by atoms with van der Waals surface area (Å²) in [7, 11) is 0. The molecule has 0 heterocycles. The zero-order valence-corrected chi connectivity index (χ0v) is 47.5. The van der Waals surface area contributed by atoms with Crippen LogP contribution >= 0.6 is 0 Å². The molecule has 71 heavy (non-hydrogen) atoms. The molecule has 6 nitrogen and oxygen atoms in total. The summed E-state index contributed by atoms with van der Waals surface area (Å²) in [6.45, 7) is 4.81. The predicted octanol–water partition coefficient (Wildman–Crippen LogP) is 19.7. The standard InChI is InChI=1S/C65H121NO5/c1-3-5-7-9-11-13-15-17-19-20-24-27-30-33-37-41-45-49-53-57-63(68)62(61-67)66-64(69)58-54-50-46-42-38-34-31-28-25-22-21-23-26-29-32-36-40-44-48-52-56-60-71-65(70)59-55-51-47-43-39-35-18-16-14-12-10-8-6-4-2/h10,12,16,18,36,40,48,52,62-63,67-68H,3-9,11,13-15,17,19-35,37-39,41-47,49-51,53-61H2,1-2H3,(H,66,69)/b12-10-,18-16-,40-36-,52-48-. The molecule has 6 heteroatoms. The molecule has 0 rings (SSSR count). The first-order valence-corrected chi connectivity index (χ1v) is 31.4. The van der Waals surface area contributed by atoms with Gasteiger partial charge in [0.2, 0.25) is 5.91 Å². The SMILES string of the molecule is CCCC/C=C\C/C=C\CCCCCCCC(=O)OCC/C=C\C/C=C\CCCCCCCCCCCCCCCCC(=O)NC(CO)C(O)CCCCCCCCCCCCCCCCCCCCC. The Kier molecular flexibility index (Phi) is 58.5. The van der Waals surface area contributed by atoms with Crippen LogP contribution in [0.5, 0.6) is 0 Å². The second kappa shape index (κ2) is 60.4. The third kappa shape index (κ3) is 57.0. The van der Waals surface area contributed by atoms with E-state index in [1.807, 2.05) is 0 Å². The number of esters is 1. The largest absolute Gasteiger partial charge is 0.465 e. The molecule has 0 radical (unpaired) electrons. The lowest BCUT2D eigenvalue weighted by atomic mass is 10.0. The number of carbonyl (C=O) groups is 2. The molecular formula is C65H121NO5. The van der Waals surface area contributed by atoms with E-state index in [1.165, 1.54) is 231 Å². The van der Waals surface area contributed by atoms with Gasteiger partial charge in [0.05, 0.1) is 25.4 Å². The van der Waals surface area contributed by atoms with Crippen LogP contribution in [0.4, 0.5) is 0 Å². The summed E-state index contributed by atoms with van der Waals surface area (Å²) in [5, 5.41) is 23.4. The average Bonchev–Trinajstić information content (AvgIpc) is 3.37. The van der Waals surface area contributed by atoms with Gasteiger partial charge >= 0.3 is 5.97 Å². The minimum atomic E-state index is -0.669. The van der Waals surface area contributed by atoms with Gasteiger partial charge in [0, 0.05) is 12.8 Å². The number of ether oxygens (including phenoxy) is 1. The Labute approximate surface area is 442 Å². The van der Waals surface area contributed by atoms with Crippen LogP contribution in [0.3, 0.4) is 0 Å². The minimum absolute atomic E-state index is 0.0380. The Hall–Kier alpha value is -2.18. The van der Waals surface area contributed by atoms with E-state index in [0.29, 0.717) is 25.9 Å². The first-order chi connectivity index (χ1) is 35.0. The number of unbranched alkanes of at least 4 members (excludes halogenated alkanes) is 39. The molecule has 416 valence electrons. The molecule has 0 aromatic rings. The zero-order chi connectivity index (χ0) is 51.4. The van der Waals surface area contributed by atoms with Gasteiger partial charge in [0.15, 0.2) is 0 Å². The molecule has 0 aliphatic heterocycles. The molecule has 2 atom stereocenters. The highest BCUT2D eigenvalue weighted by Gasteiger charge is 2.20. The van der Waals surface area contributed by atoms with Gasteiger partial charge in [-0.1, -0.05) is 294 Å². The van der Waals surface area contributed by atoms with Crippen molar-refractivity contribution in [3.8, 4) is 0 Å². The van der Waals surface area contributed by atoms with E-state index in [-0.39, 0.29) is 18.5 Å². The molecule has 0 aliphatic carbocycles. The topological polar surface area (TPSA) is 95.9 Å². The second-order valence-electron chi connectivity index (χ2n) is 21.4. The highest BCUT2D eigenvalue weighted by molar-refractivity contribution is 5.76. The van der Waals surface area contributed by atoms with Crippen LogP contribution in [0.25, 0.3) is 0 Å². The minimum Gasteiger partial charge on any atom is -0.465 e. The molecule has 0 aromatic heterocycles. The van der Waals surface area contributed by atoms with E-state index in [1.54, 1.807) is 0 Å². The number of amides is 1. The highest BCUT2D eigenvalue weighted by atomic mass is 16.5. The molecule has 3 N–H and O–H groups in total. The number of carbonyl (C=O) groups excluding carboxylic acids is 2. The Morgan fingerprint density at radius 3 is 1.11 bits per heavy atom. The fourth-order valence-electron chi connectivity index (χ4n) is 9.55. The lowest BCUT2D eigenvalue weighted by Gasteiger charge is -2.22. The van der Waals surface area contributed by atoms with Crippen molar-refractivity contribution in [2.75, 3.05) is 13.2 Å². The Morgan fingerprint density at radius 2 is 0.718 bits per heavy atom. The Bertz CT molecular complexity index is 1190. The maximum Gasteiger partial charge on any atom is 0.305 e. The molecule has 0 aliphatic rings. The molecular weight excluding hydrogens is 875 g/mol. The average molecular weight is 997 g/mol. The van der Waals surface area contributed by atoms with E-state index in [2.05, 4.69) is 67.8 Å². The number of hydrogen-bond donors (Lipinski definition) is 3. The molecule has 1 amide bonds. The van der Waals surface area contributed by atoms with Crippen molar-refractivity contribution in [1.29, 1.82) is 0 Å². The summed E-state index contributed by atoms with van der Waals surface area (Å²) in [6.07, 6.45) is 77.0. The molecule has 0 fully saturated rings. The van der Waals surface area contributed by atoms with Crippen LogP contribution in [0.2, 0.25) is 0 Å². The van der Waals surface area contributed by atoms with Gasteiger partial charge in [-0.2, -0.15) is 0 Å². The lowest BCUT2D eigenvalue weighted by molar-refractivity contribution is -0.143. The first kappa shape index (κ1) is 68.8. The van der Waals surface area contributed by atoms with Gasteiger partial charge < -0.3 is 20.3 Å². The number of nitrogens with one attached hydrogen (secondary N) is 1. The van der Waals surface area contributed by atoms with Gasteiger partial charge in [-0.15, -0.1) is 0 Å². The quantitative estimate of drug-likeness (QED) is 0.0321. The van der Waals surface area contributed by atoms with Crippen molar-refractivity contribution in [2.45, 2.75) is 341 Å². The van der Waals surface area contributed by atoms with Crippen molar-refractivity contribution in [3.05, 3.63) is 48.6 Å². The first-order valence-electron chi connectivity index (χ1n) is 31.4. The predicted molar refractivity (Wildman–Crippen MR) is 310 cm³/mol. The van der Waals surface area contributed by atoms with Crippen LogP contribution in [0.15, 0.2) is 48.6 Å². The summed E-state index contributed by atoms with van der Waals surface area (Å²) in [5.41, 5.74) is 0. The number of aliphatic hydroxyl groups excluding tert-OH is 2. The van der Waals surface area contributed by atoms with Gasteiger partial charge in [-0.05, 0) is 70.6 Å². The fraction of sp³-hybridized carbons (Fsp3) is 0.846. The van der Waals surface area contributed by atoms with Crippen molar-refractivity contribution >= 4 is 11.9 Å². The van der Waals surface area contributed by atoms with E-state index in [9.17, 15) is 19.8 Å². The Balaban J connectivity index is 3.46. The molecule has 0 aromatic carbocycles. The molecule has 0 saturated heterocycles. The van der Waals surface area contributed by atoms with Crippen molar-refractivity contribution in [3.63, 3.8) is 0 Å². The number of rotatable bonds is 58. The summed E-state index contributed by atoms with van der Waals surface area (Å²) < 4.78 is 5.41. The van der Waals surface area contributed by atoms with Crippen molar-refractivity contribution in [2.24, 2.45) is 0 Å². The van der Waals surface area contributed by atoms with E-state index in [0.717, 1.165) is 64.2 Å². The molecule has 0 bridgehead atoms. The van der Waals surface area contributed by atoms with Gasteiger partial charge in [0.1, 0.15) is 0 Å². The van der Waals surface area contributed by atoms with Crippen LogP contribution in [0.1, 0.15) is 328 Å². The summed E-state index contributed by atoms with van der Waals surface area (Å²) >= 11 is 0. The highest BCUT2D eigenvalue weighted by Crippen LogP contribution is 2.18. The second-order valence-corrected chi connectivity index (χ2v) is 21.4.